The number of rotatable bonds is 4. The van der Waals surface area contributed by atoms with Gasteiger partial charge in [0.2, 0.25) is 0 Å². The van der Waals surface area contributed by atoms with Crippen molar-refractivity contribution in [3.05, 3.63) is 79.2 Å². The van der Waals surface area contributed by atoms with E-state index in [-0.39, 0.29) is 22.2 Å². The molecule has 1 saturated carbocycles. The van der Waals surface area contributed by atoms with Crippen molar-refractivity contribution in [2.24, 2.45) is 11.8 Å². The fourth-order valence-electron chi connectivity index (χ4n) is 4.96. The van der Waals surface area contributed by atoms with Crippen LogP contribution in [0.25, 0.3) is 0 Å². The monoisotopic (exact) mass is 688 g/mol. The third-order valence-electron chi connectivity index (χ3n) is 6.70. The van der Waals surface area contributed by atoms with Crippen LogP contribution >= 0.6 is 97.1 Å². The van der Waals surface area contributed by atoms with Gasteiger partial charge in [-0.1, -0.05) is 86.1 Å². The van der Waals surface area contributed by atoms with Gasteiger partial charge in [0.1, 0.15) is 9.75 Å². The average Bonchev–Trinajstić information content (AvgIpc) is 3.22. The molecule has 2 fully saturated rings. The molecule has 0 unspecified atom stereocenters. The number of nitrogens with zero attached hydrogens (tertiary/aromatic N) is 2. The molecular formula is C23H12BrCl7N2O3. The summed E-state index contributed by atoms with van der Waals surface area (Å²) in [5, 5.41) is 1.76. The molecule has 3 aliphatic rings. The number of imide groups is 1. The molecule has 36 heavy (non-hydrogen) atoms. The van der Waals surface area contributed by atoms with Gasteiger partial charge in [-0.3, -0.25) is 14.4 Å². The molecule has 5 rings (SSSR count). The Morgan fingerprint density at radius 3 is 1.78 bits per heavy atom. The molecule has 0 aromatic heterocycles. The second-order valence-electron chi connectivity index (χ2n) is 8.57. The molecule has 2 aromatic carbocycles. The summed E-state index contributed by atoms with van der Waals surface area (Å²) in [7, 11) is 0. The molecule has 188 valence electrons. The SMILES string of the molecule is O=C(c1ccc(Cl)cc1)N(Cc1ccc(Br)cc1)N1C(=O)[C@@H]2[C@@H](C1=O)[C@@]1(Cl)C(Cl)=C(Cl)[C@@]2(Cl)C1(Cl)Cl. The highest BCUT2D eigenvalue weighted by atomic mass is 79.9. The van der Waals surface area contributed by atoms with Crippen LogP contribution in [0.3, 0.4) is 0 Å². The van der Waals surface area contributed by atoms with E-state index in [9.17, 15) is 14.4 Å². The summed E-state index contributed by atoms with van der Waals surface area (Å²) in [6, 6.07) is 13.0. The molecule has 2 aliphatic carbocycles. The normalized spacial score (nSPS) is 30.3. The van der Waals surface area contributed by atoms with Crippen molar-refractivity contribution in [3.8, 4) is 0 Å². The van der Waals surface area contributed by atoms with E-state index in [1.54, 1.807) is 24.3 Å². The summed E-state index contributed by atoms with van der Waals surface area (Å²) in [5.74, 6) is -5.01. The van der Waals surface area contributed by atoms with E-state index < -0.39 is 43.6 Å². The number of hydrogen-bond acceptors (Lipinski definition) is 3. The van der Waals surface area contributed by atoms with Crippen LogP contribution in [0.4, 0.5) is 0 Å². The zero-order valence-corrected chi connectivity index (χ0v) is 24.5. The summed E-state index contributed by atoms with van der Waals surface area (Å²) in [4.78, 5) is 37.4. The number of amides is 3. The first kappa shape index (κ1) is 26.9. The van der Waals surface area contributed by atoms with Gasteiger partial charge in [-0.2, -0.15) is 5.01 Å². The van der Waals surface area contributed by atoms with Crippen LogP contribution in [0, 0.1) is 11.8 Å². The lowest BCUT2D eigenvalue weighted by atomic mass is 9.84. The first-order chi connectivity index (χ1) is 16.8. The minimum atomic E-state index is -2.07. The molecular weight excluding hydrogens is 680 g/mol. The van der Waals surface area contributed by atoms with E-state index >= 15 is 0 Å². The van der Waals surface area contributed by atoms with E-state index in [2.05, 4.69) is 15.9 Å². The Balaban J connectivity index is 1.61. The van der Waals surface area contributed by atoms with E-state index in [1.807, 2.05) is 0 Å². The van der Waals surface area contributed by atoms with Gasteiger partial charge >= 0.3 is 0 Å². The summed E-state index contributed by atoms with van der Waals surface area (Å²) >= 11 is 48.8. The molecule has 1 heterocycles. The lowest BCUT2D eigenvalue weighted by Gasteiger charge is -2.37. The fourth-order valence-corrected chi connectivity index (χ4v) is 8.28. The second-order valence-corrected chi connectivity index (χ2v) is 13.2. The van der Waals surface area contributed by atoms with Gasteiger partial charge in [-0.05, 0) is 42.0 Å². The molecule has 4 atom stereocenters. The first-order valence-corrected chi connectivity index (χ1v) is 13.7. The third-order valence-corrected chi connectivity index (χ3v) is 11.7. The van der Waals surface area contributed by atoms with Crippen LogP contribution in [0.1, 0.15) is 15.9 Å². The number of hydrazine groups is 1. The highest BCUT2D eigenvalue weighted by Gasteiger charge is 2.88. The smallest absolute Gasteiger partial charge is 0.272 e. The summed E-state index contributed by atoms with van der Waals surface area (Å²) in [5.41, 5.74) is 0.831. The van der Waals surface area contributed by atoms with Crippen molar-refractivity contribution < 1.29 is 14.4 Å². The van der Waals surface area contributed by atoms with Gasteiger partial charge in [0, 0.05) is 15.1 Å². The lowest BCUT2D eigenvalue weighted by molar-refractivity contribution is -0.156. The van der Waals surface area contributed by atoms with Gasteiger partial charge < -0.3 is 0 Å². The van der Waals surface area contributed by atoms with Crippen molar-refractivity contribution in [2.75, 3.05) is 0 Å². The summed E-state index contributed by atoms with van der Waals surface area (Å²) in [6.07, 6.45) is 0. The van der Waals surface area contributed by atoms with E-state index in [0.29, 0.717) is 10.6 Å². The Morgan fingerprint density at radius 2 is 1.31 bits per heavy atom. The van der Waals surface area contributed by atoms with Crippen molar-refractivity contribution in [1.29, 1.82) is 0 Å². The van der Waals surface area contributed by atoms with Gasteiger partial charge in [0.25, 0.3) is 17.7 Å². The lowest BCUT2D eigenvalue weighted by Crippen LogP contribution is -2.55. The molecule has 2 aromatic rings. The second kappa shape index (κ2) is 8.92. The minimum absolute atomic E-state index is 0.127. The summed E-state index contributed by atoms with van der Waals surface area (Å²) in [6.45, 7) is -0.127. The molecule has 0 N–H and O–H groups in total. The number of carbonyl (C=O) groups excluding carboxylic acids is 3. The van der Waals surface area contributed by atoms with Crippen molar-refractivity contribution >= 4 is 115 Å². The van der Waals surface area contributed by atoms with E-state index in [4.69, 9.17) is 81.2 Å². The zero-order valence-electron chi connectivity index (χ0n) is 17.6. The standard InChI is InChI=1S/C23H12BrCl7N2O3/c24-12-5-1-10(2-6-12)9-32(18(34)11-3-7-13(25)8-4-11)33-19(35)14-15(20(33)36)22(29)17(27)16(26)21(14,28)23(22,30)31/h1-8,14-15H,9H2/t14-,15-,21+,22+/m0/s1. The number of allylic oxidation sites excluding steroid dienone is 2. The van der Waals surface area contributed by atoms with Crippen molar-refractivity contribution in [2.45, 2.75) is 20.6 Å². The van der Waals surface area contributed by atoms with Gasteiger partial charge in [-0.25, -0.2) is 5.01 Å². The van der Waals surface area contributed by atoms with Crippen molar-refractivity contribution in [1.82, 2.24) is 10.0 Å². The molecule has 0 spiro atoms. The van der Waals surface area contributed by atoms with Crippen LogP contribution in [0.2, 0.25) is 5.02 Å². The zero-order chi connectivity index (χ0) is 26.4. The largest absolute Gasteiger partial charge is 0.273 e. The van der Waals surface area contributed by atoms with Gasteiger partial charge in [-0.15, -0.1) is 23.2 Å². The van der Waals surface area contributed by atoms with Crippen LogP contribution in [0.5, 0.6) is 0 Å². The van der Waals surface area contributed by atoms with Crippen LogP contribution < -0.4 is 0 Å². The molecule has 1 saturated heterocycles. The van der Waals surface area contributed by atoms with Crippen LogP contribution in [0.15, 0.2) is 63.1 Å². The molecule has 2 bridgehead atoms. The molecule has 3 amide bonds. The Bertz CT molecular complexity index is 1300. The maximum absolute atomic E-state index is 13.8. The Hall–Kier alpha value is -0.700. The first-order valence-electron chi connectivity index (χ1n) is 10.3. The highest BCUT2D eigenvalue weighted by molar-refractivity contribution is 9.10. The van der Waals surface area contributed by atoms with E-state index in [0.717, 1.165) is 14.5 Å². The Kier molecular flexibility index (Phi) is 6.66. The predicted molar refractivity (Wildman–Crippen MR) is 145 cm³/mol. The summed E-state index contributed by atoms with van der Waals surface area (Å²) < 4.78 is -1.26. The number of halogens is 8. The van der Waals surface area contributed by atoms with Crippen LogP contribution in [-0.2, 0) is 16.1 Å². The quantitative estimate of drug-likeness (QED) is 0.254. The van der Waals surface area contributed by atoms with Gasteiger partial charge in [0.15, 0.2) is 4.33 Å². The number of fused-ring (bicyclic) bond motifs is 5. The number of carbonyl (C=O) groups is 3. The maximum atomic E-state index is 13.8. The van der Waals surface area contributed by atoms with Crippen molar-refractivity contribution in [3.63, 3.8) is 0 Å². The molecule has 0 radical (unpaired) electrons. The maximum Gasteiger partial charge on any atom is 0.273 e. The topological polar surface area (TPSA) is 57.7 Å². The number of hydrogen-bond donors (Lipinski definition) is 0. The minimum Gasteiger partial charge on any atom is -0.272 e. The Morgan fingerprint density at radius 1 is 0.833 bits per heavy atom. The Labute approximate surface area is 249 Å². The predicted octanol–water partition coefficient (Wildman–Crippen LogP) is 7.11. The highest BCUT2D eigenvalue weighted by Crippen LogP contribution is 2.77. The fraction of sp³-hybridized carbons (Fsp3) is 0.261. The third kappa shape index (κ3) is 3.39. The van der Waals surface area contributed by atoms with Crippen LogP contribution in [-0.4, -0.2) is 41.8 Å². The molecule has 5 nitrogen and oxygen atoms in total. The molecule has 1 aliphatic heterocycles. The number of alkyl halides is 4. The number of benzene rings is 2. The average molecular weight is 692 g/mol. The van der Waals surface area contributed by atoms with E-state index in [1.165, 1.54) is 24.3 Å². The van der Waals surface area contributed by atoms with Gasteiger partial charge in [0.05, 0.1) is 28.4 Å². The molecule has 13 heteroatoms.